The van der Waals surface area contributed by atoms with Crippen molar-refractivity contribution in [1.82, 2.24) is 0 Å². The van der Waals surface area contributed by atoms with E-state index in [1.807, 2.05) is 4.90 Å². The molecular weight excluding hydrogens is 330 g/mol. The Labute approximate surface area is 161 Å². The summed E-state index contributed by atoms with van der Waals surface area (Å²) in [7, 11) is 0. The highest BCUT2D eigenvalue weighted by Gasteiger charge is 2.26. The van der Waals surface area contributed by atoms with Crippen LogP contribution in [-0.4, -0.2) is 6.41 Å². The molecule has 1 radical (unpaired) electrons. The fraction of sp³-hybridized carbons (Fsp3) is 0.200. The molecule has 0 saturated carbocycles. The van der Waals surface area contributed by atoms with Crippen LogP contribution in [-0.2, 0) is 4.79 Å². The number of anilines is 1. The molecule has 0 fully saturated rings. The van der Waals surface area contributed by atoms with E-state index in [9.17, 15) is 4.79 Å². The zero-order chi connectivity index (χ0) is 19.0. The van der Waals surface area contributed by atoms with Crippen molar-refractivity contribution >= 4 is 12.1 Å². The highest BCUT2D eigenvalue weighted by atomic mass is 16.1. The van der Waals surface area contributed by atoms with Crippen LogP contribution in [0.15, 0.2) is 60.7 Å². The lowest BCUT2D eigenvalue weighted by atomic mass is 9.80. The summed E-state index contributed by atoms with van der Waals surface area (Å²) in [5, 5.41) is 0. The van der Waals surface area contributed by atoms with E-state index in [1.54, 1.807) is 0 Å². The number of nitrogens with zero attached hydrogens (tertiary/aromatic N) is 1. The number of rotatable bonds is 6. The van der Waals surface area contributed by atoms with E-state index in [0.717, 1.165) is 24.9 Å². The first-order valence-corrected chi connectivity index (χ1v) is 9.48. The van der Waals surface area contributed by atoms with Crippen molar-refractivity contribution in [3.8, 4) is 22.3 Å². The zero-order valence-electron chi connectivity index (χ0n) is 15.9. The van der Waals surface area contributed by atoms with E-state index in [1.165, 1.54) is 38.9 Å². The molecule has 0 spiro atoms. The summed E-state index contributed by atoms with van der Waals surface area (Å²) in [5.41, 5.74) is 9.69. The van der Waals surface area contributed by atoms with Crippen molar-refractivity contribution in [3.05, 3.63) is 84.3 Å². The van der Waals surface area contributed by atoms with Crippen LogP contribution in [0.3, 0.4) is 0 Å². The molecule has 1 atom stereocenters. The third-order valence-corrected chi connectivity index (χ3v) is 5.74. The standard InChI is InChI=1S/C25H24NO/c1-4-8-25(20-12-7-9-17(2)18(20)3)26(16-27)19-13-14-23-21-10-5-6-11-22(21)24(23)15-19/h5-7,9-16,25H,1,4,8H2,2-3H3. The SMILES string of the molecule is [CH2]CCC(c1cccc(C)c1C)N(C=O)c1ccc2c(c1)-c1ccccc1-2. The van der Waals surface area contributed by atoms with Gasteiger partial charge in [-0.1, -0.05) is 61.9 Å². The second kappa shape index (κ2) is 7.03. The highest BCUT2D eigenvalue weighted by molar-refractivity contribution is 6.03. The molecule has 2 nitrogen and oxygen atoms in total. The Bertz CT molecular complexity index is 1000. The quantitative estimate of drug-likeness (QED) is 0.374. The van der Waals surface area contributed by atoms with Crippen LogP contribution in [0.2, 0.25) is 0 Å². The minimum Gasteiger partial charge on any atom is -0.307 e. The summed E-state index contributed by atoms with van der Waals surface area (Å²) in [6.45, 7) is 8.30. The monoisotopic (exact) mass is 354 g/mol. The summed E-state index contributed by atoms with van der Waals surface area (Å²) in [6.07, 6.45) is 2.57. The highest BCUT2D eigenvalue weighted by Crippen LogP contribution is 2.48. The number of hydrogen-bond acceptors (Lipinski definition) is 1. The molecule has 1 aliphatic carbocycles. The molecule has 0 saturated heterocycles. The van der Waals surface area contributed by atoms with E-state index in [0.29, 0.717) is 0 Å². The third kappa shape index (κ3) is 2.86. The fourth-order valence-corrected chi connectivity index (χ4v) is 4.13. The van der Waals surface area contributed by atoms with Crippen LogP contribution < -0.4 is 4.90 Å². The molecule has 3 aromatic carbocycles. The first-order valence-electron chi connectivity index (χ1n) is 9.48. The summed E-state index contributed by atoms with van der Waals surface area (Å²) < 4.78 is 0. The van der Waals surface area contributed by atoms with Crippen molar-refractivity contribution in [2.45, 2.75) is 32.7 Å². The average molecular weight is 354 g/mol. The molecule has 0 bridgehead atoms. The van der Waals surface area contributed by atoms with Gasteiger partial charge in [0.1, 0.15) is 0 Å². The molecule has 0 aromatic heterocycles. The predicted octanol–water partition coefficient (Wildman–Crippen LogP) is 6.27. The number of carbonyl (C=O) groups is 1. The van der Waals surface area contributed by atoms with Gasteiger partial charge in [0.15, 0.2) is 0 Å². The van der Waals surface area contributed by atoms with Crippen LogP contribution in [0.1, 0.15) is 35.6 Å². The first-order chi connectivity index (χ1) is 13.2. The number of hydrogen-bond donors (Lipinski definition) is 0. The molecule has 135 valence electrons. The lowest BCUT2D eigenvalue weighted by Gasteiger charge is -2.32. The number of aryl methyl sites for hydroxylation is 1. The Balaban J connectivity index is 1.75. The maximum Gasteiger partial charge on any atom is 0.214 e. The second-order valence-electron chi connectivity index (χ2n) is 7.24. The Hall–Kier alpha value is -2.87. The molecule has 0 N–H and O–H groups in total. The van der Waals surface area contributed by atoms with E-state index < -0.39 is 0 Å². The smallest absolute Gasteiger partial charge is 0.214 e. The second-order valence-corrected chi connectivity index (χ2v) is 7.24. The van der Waals surface area contributed by atoms with Crippen LogP contribution in [0.25, 0.3) is 22.3 Å². The maximum absolute atomic E-state index is 12.2. The average Bonchev–Trinajstić information content (AvgIpc) is 2.68. The van der Waals surface area contributed by atoms with Crippen LogP contribution >= 0.6 is 0 Å². The van der Waals surface area contributed by atoms with Gasteiger partial charge in [0.05, 0.1) is 6.04 Å². The lowest BCUT2D eigenvalue weighted by Crippen LogP contribution is -2.28. The van der Waals surface area contributed by atoms with Crippen molar-refractivity contribution in [1.29, 1.82) is 0 Å². The summed E-state index contributed by atoms with van der Waals surface area (Å²) in [4.78, 5) is 14.0. The third-order valence-electron chi connectivity index (χ3n) is 5.74. The summed E-state index contributed by atoms with van der Waals surface area (Å²) in [6, 6.07) is 21.1. The molecule has 0 aliphatic heterocycles. The number of amides is 1. The Morgan fingerprint density at radius 3 is 2.33 bits per heavy atom. The molecule has 1 amide bonds. The molecule has 1 aliphatic rings. The van der Waals surface area contributed by atoms with Gasteiger partial charge in [-0.3, -0.25) is 4.79 Å². The largest absolute Gasteiger partial charge is 0.307 e. The van der Waals surface area contributed by atoms with Gasteiger partial charge in [-0.15, -0.1) is 0 Å². The normalized spacial score (nSPS) is 12.6. The maximum atomic E-state index is 12.2. The van der Waals surface area contributed by atoms with Crippen molar-refractivity contribution in [2.24, 2.45) is 0 Å². The van der Waals surface area contributed by atoms with E-state index in [-0.39, 0.29) is 6.04 Å². The minimum absolute atomic E-state index is 0.00623. The van der Waals surface area contributed by atoms with E-state index in [2.05, 4.69) is 81.4 Å². The number of fused-ring (bicyclic) bond motifs is 4. The van der Waals surface area contributed by atoms with E-state index in [4.69, 9.17) is 0 Å². The molecule has 2 heteroatoms. The number of benzene rings is 3. The van der Waals surface area contributed by atoms with Crippen LogP contribution in [0.4, 0.5) is 5.69 Å². The Kier molecular flexibility index (Phi) is 4.57. The van der Waals surface area contributed by atoms with Crippen molar-refractivity contribution < 1.29 is 4.79 Å². The molecular formula is C25H24NO. The van der Waals surface area contributed by atoms with Gasteiger partial charge >= 0.3 is 0 Å². The van der Waals surface area contributed by atoms with Gasteiger partial charge in [0.25, 0.3) is 0 Å². The zero-order valence-corrected chi connectivity index (χ0v) is 15.9. The summed E-state index contributed by atoms with van der Waals surface area (Å²) >= 11 is 0. The first kappa shape index (κ1) is 17.5. The predicted molar refractivity (Wildman–Crippen MR) is 113 cm³/mol. The Morgan fingerprint density at radius 2 is 1.63 bits per heavy atom. The molecule has 3 aromatic rings. The van der Waals surface area contributed by atoms with E-state index >= 15 is 0 Å². The molecule has 0 heterocycles. The molecule has 1 unspecified atom stereocenters. The van der Waals surface area contributed by atoms with Gasteiger partial charge < -0.3 is 4.90 Å². The van der Waals surface area contributed by atoms with Crippen LogP contribution in [0, 0.1) is 20.8 Å². The topological polar surface area (TPSA) is 20.3 Å². The van der Waals surface area contributed by atoms with Crippen LogP contribution in [0.5, 0.6) is 0 Å². The van der Waals surface area contributed by atoms with Crippen molar-refractivity contribution in [2.75, 3.05) is 4.90 Å². The molecule has 4 rings (SSSR count). The summed E-state index contributed by atoms with van der Waals surface area (Å²) in [5.74, 6) is 0. The molecule has 27 heavy (non-hydrogen) atoms. The lowest BCUT2D eigenvalue weighted by molar-refractivity contribution is -0.108. The van der Waals surface area contributed by atoms with Crippen molar-refractivity contribution in [3.63, 3.8) is 0 Å². The van der Waals surface area contributed by atoms with Gasteiger partial charge in [-0.05, 0) is 71.3 Å². The number of carbonyl (C=O) groups excluding carboxylic acids is 1. The van der Waals surface area contributed by atoms with Gasteiger partial charge in [0.2, 0.25) is 6.41 Å². The van der Waals surface area contributed by atoms with Gasteiger partial charge in [-0.2, -0.15) is 0 Å². The minimum atomic E-state index is -0.00623. The van der Waals surface area contributed by atoms with Gasteiger partial charge in [0, 0.05) is 5.69 Å². The van der Waals surface area contributed by atoms with Gasteiger partial charge in [-0.25, -0.2) is 0 Å². The fourth-order valence-electron chi connectivity index (χ4n) is 4.13. The Morgan fingerprint density at radius 1 is 0.926 bits per heavy atom.